The van der Waals surface area contributed by atoms with E-state index >= 15 is 0 Å². The van der Waals surface area contributed by atoms with Gasteiger partial charge in [-0.3, -0.25) is 28.0 Å². The van der Waals surface area contributed by atoms with E-state index < -0.39 is 88.1 Å². The first-order chi connectivity index (χ1) is 21.6. The Morgan fingerprint density at radius 1 is 1.00 bits per heavy atom. The highest BCUT2D eigenvalue weighted by molar-refractivity contribution is 8.07. The number of ether oxygens (including phenoxy) is 4. The van der Waals surface area contributed by atoms with Gasteiger partial charge in [0.2, 0.25) is 5.95 Å². The minimum atomic E-state index is -5.01. The van der Waals surface area contributed by atoms with Crippen LogP contribution in [0, 0.1) is 0 Å². The molecule has 9 N–H and O–H groups in total. The third-order valence-electron chi connectivity index (χ3n) is 7.05. The van der Waals surface area contributed by atoms with Gasteiger partial charge in [-0.15, -0.1) is 0 Å². The molecule has 0 saturated carbocycles. The summed E-state index contributed by atoms with van der Waals surface area (Å²) >= 11 is 5.22. The van der Waals surface area contributed by atoms with Gasteiger partial charge in [-0.2, -0.15) is 9.97 Å². The van der Waals surface area contributed by atoms with E-state index in [1.165, 1.54) is 37.4 Å². The SMILES string of the molecule is CO[C@@H]1[C@H](OP(O)(=S)OC[C@H]2O[C@@H](n3ccc(N)nc3=O)[C@H](O)[C@@H]2OC)[C@@H](COP(=O)(O)O)O[C@H]1n1cnc2c(=O)[nH]c(N)nc21. The Morgan fingerprint density at radius 3 is 2.30 bits per heavy atom. The number of hydrogen-bond donors (Lipinski definition) is 7. The van der Waals surface area contributed by atoms with Crippen molar-refractivity contribution in [1.29, 1.82) is 0 Å². The van der Waals surface area contributed by atoms with Gasteiger partial charge in [-0.05, 0) is 17.9 Å². The number of aliphatic hydroxyl groups excluding tert-OH is 1. The highest BCUT2D eigenvalue weighted by Gasteiger charge is 2.51. The van der Waals surface area contributed by atoms with E-state index in [0.717, 1.165) is 4.57 Å². The van der Waals surface area contributed by atoms with Gasteiger partial charge in [0.1, 0.15) is 42.4 Å². The Balaban J connectivity index is 1.36. The minimum absolute atomic E-state index is 0.0178. The lowest BCUT2D eigenvalue weighted by Crippen LogP contribution is -2.38. The van der Waals surface area contributed by atoms with Crippen molar-refractivity contribution in [2.75, 3.05) is 38.9 Å². The molecule has 0 aromatic carbocycles. The molecule has 2 aliphatic rings. The zero-order valence-electron chi connectivity index (χ0n) is 23.8. The van der Waals surface area contributed by atoms with E-state index in [1.54, 1.807) is 0 Å². The summed E-state index contributed by atoms with van der Waals surface area (Å²) in [6.45, 7) is -5.56. The summed E-state index contributed by atoms with van der Waals surface area (Å²) in [7, 11) is -2.47. The molecule has 5 rings (SSSR count). The number of nitrogen functional groups attached to an aromatic ring is 2. The Hall–Kier alpha value is -2.73. The second-order valence-electron chi connectivity index (χ2n) is 9.96. The number of hydrogen-bond acceptors (Lipinski definition) is 17. The first-order valence-electron chi connectivity index (χ1n) is 13.1. The van der Waals surface area contributed by atoms with Crippen LogP contribution in [0.3, 0.4) is 0 Å². The summed E-state index contributed by atoms with van der Waals surface area (Å²) in [5.41, 5.74) is 9.67. The number of aromatic amines is 1. The van der Waals surface area contributed by atoms with Crippen molar-refractivity contribution in [2.24, 2.45) is 0 Å². The van der Waals surface area contributed by atoms with E-state index in [4.69, 9.17) is 51.3 Å². The number of imidazole rings is 1. The van der Waals surface area contributed by atoms with Gasteiger partial charge < -0.3 is 54.7 Å². The fraction of sp³-hybridized carbons (Fsp3) is 0.571. The largest absolute Gasteiger partial charge is 0.469 e. The van der Waals surface area contributed by atoms with E-state index in [-0.39, 0.29) is 22.9 Å². The average molecular weight is 713 g/mol. The molecule has 2 saturated heterocycles. The van der Waals surface area contributed by atoms with Crippen LogP contribution >= 0.6 is 14.5 Å². The maximum absolute atomic E-state index is 12.3. The Kier molecular flexibility index (Phi) is 10.1. The topological polar surface area (TPSA) is 313 Å². The number of phosphoric ester groups is 1. The summed E-state index contributed by atoms with van der Waals surface area (Å²) in [5.74, 6) is -0.268. The smallest absolute Gasteiger partial charge is 0.386 e. The highest BCUT2D eigenvalue weighted by Crippen LogP contribution is 2.51. The fourth-order valence-corrected chi connectivity index (χ4v) is 6.87. The molecule has 1 unspecified atom stereocenters. The first kappa shape index (κ1) is 34.6. The molecule has 0 bridgehead atoms. The molecule has 254 valence electrons. The lowest BCUT2D eigenvalue weighted by atomic mass is 10.1. The van der Waals surface area contributed by atoms with Crippen molar-refractivity contribution in [3.05, 3.63) is 39.4 Å². The predicted molar refractivity (Wildman–Crippen MR) is 156 cm³/mol. The average Bonchev–Trinajstić information content (AvgIpc) is 3.63. The summed E-state index contributed by atoms with van der Waals surface area (Å²) in [4.78, 5) is 68.3. The van der Waals surface area contributed by atoms with Gasteiger partial charge in [0.15, 0.2) is 23.6 Å². The van der Waals surface area contributed by atoms with Gasteiger partial charge in [0, 0.05) is 20.4 Å². The molecule has 5 heterocycles. The molecule has 3 aromatic rings. The summed E-state index contributed by atoms with van der Waals surface area (Å²) in [6.07, 6.45) is -7.44. The van der Waals surface area contributed by atoms with Crippen molar-refractivity contribution in [3.63, 3.8) is 0 Å². The van der Waals surface area contributed by atoms with Crippen LogP contribution in [0.15, 0.2) is 28.2 Å². The Morgan fingerprint density at radius 2 is 1.65 bits per heavy atom. The molecular formula is C21H30N8O14P2S. The first-order valence-corrected chi connectivity index (χ1v) is 17.2. The number of nitrogens with two attached hydrogens (primary N) is 2. The number of H-pyrrole nitrogens is 1. The molecule has 0 amide bonds. The molecule has 0 aliphatic carbocycles. The molecule has 25 heteroatoms. The molecule has 2 fully saturated rings. The monoisotopic (exact) mass is 712 g/mol. The van der Waals surface area contributed by atoms with Crippen molar-refractivity contribution in [1.82, 2.24) is 29.1 Å². The molecule has 3 aromatic heterocycles. The van der Waals surface area contributed by atoms with Crippen molar-refractivity contribution in [2.45, 2.75) is 49.1 Å². The second kappa shape index (κ2) is 13.4. The summed E-state index contributed by atoms with van der Waals surface area (Å²) in [5, 5.41) is 10.8. The molecule has 9 atom stereocenters. The van der Waals surface area contributed by atoms with E-state index in [2.05, 4.69) is 24.5 Å². The van der Waals surface area contributed by atoms with Gasteiger partial charge in [0.05, 0.1) is 19.5 Å². The zero-order valence-corrected chi connectivity index (χ0v) is 26.4. The van der Waals surface area contributed by atoms with E-state index in [9.17, 15) is 33.9 Å². The number of methoxy groups -OCH3 is 2. The number of rotatable bonds is 12. The second-order valence-corrected chi connectivity index (χ2v) is 14.0. The van der Waals surface area contributed by atoms with Gasteiger partial charge in [-0.1, -0.05) is 0 Å². The third-order valence-corrected chi connectivity index (χ3v) is 9.10. The van der Waals surface area contributed by atoms with Gasteiger partial charge in [-0.25, -0.2) is 14.3 Å². The van der Waals surface area contributed by atoms with E-state index in [1.807, 2.05) is 0 Å². The predicted octanol–water partition coefficient (Wildman–Crippen LogP) is -2.55. The van der Waals surface area contributed by atoms with Crippen LogP contribution in [-0.2, 0) is 48.9 Å². The molecule has 0 radical (unpaired) electrons. The van der Waals surface area contributed by atoms with Crippen LogP contribution in [0.5, 0.6) is 0 Å². The lowest BCUT2D eigenvalue weighted by molar-refractivity contribution is -0.0589. The number of fused-ring (bicyclic) bond motifs is 1. The van der Waals surface area contributed by atoms with Crippen LogP contribution < -0.4 is 22.7 Å². The standard InChI is InChI=1S/C21H30N8O14P2S/c1-37-13-8(41-18(12(13)30)28-4-3-10(22)25-21(28)32)6-40-45(36,46)43-14-9(5-39-44(33,34)35)42-19(15(14)38-2)29-7-24-11-16(29)26-20(23)27-17(11)31/h3-4,7-9,12-15,18-19,30H,5-6H2,1-2H3,(H,36,46)(H2,22,25,32)(H2,33,34,35)(H3,23,26,27,31)/t8-,9-,12-,13-,14-,15-,18-,19-,45?/m1/s1. The number of phosphoric acid groups is 1. The normalized spacial score (nSPS) is 29.8. The number of aromatic nitrogens is 6. The quantitative estimate of drug-likeness (QED) is 0.0951. The molecule has 22 nitrogen and oxygen atoms in total. The van der Waals surface area contributed by atoms with Gasteiger partial charge in [0.25, 0.3) is 5.56 Å². The van der Waals surface area contributed by atoms with E-state index in [0.29, 0.717) is 0 Å². The Labute approximate surface area is 262 Å². The molecular weight excluding hydrogens is 682 g/mol. The summed E-state index contributed by atoms with van der Waals surface area (Å²) in [6, 6.07) is 1.33. The van der Waals surface area contributed by atoms with Crippen LogP contribution in [0.1, 0.15) is 12.5 Å². The molecule has 46 heavy (non-hydrogen) atoms. The zero-order chi connectivity index (χ0) is 33.6. The molecule has 2 aliphatic heterocycles. The van der Waals surface area contributed by atoms with Crippen LogP contribution in [-0.4, -0.2) is 113 Å². The molecule has 0 spiro atoms. The van der Waals surface area contributed by atoms with Crippen LogP contribution in [0.25, 0.3) is 11.2 Å². The van der Waals surface area contributed by atoms with Crippen molar-refractivity contribution >= 4 is 49.3 Å². The van der Waals surface area contributed by atoms with Crippen molar-refractivity contribution < 1.29 is 56.9 Å². The fourth-order valence-electron chi connectivity index (χ4n) is 5.09. The Bertz CT molecular complexity index is 1780. The number of nitrogens with one attached hydrogen (secondary N) is 1. The van der Waals surface area contributed by atoms with Crippen LogP contribution in [0.4, 0.5) is 11.8 Å². The van der Waals surface area contributed by atoms with Gasteiger partial charge >= 0.3 is 20.2 Å². The van der Waals surface area contributed by atoms with Crippen molar-refractivity contribution in [3.8, 4) is 0 Å². The lowest BCUT2D eigenvalue weighted by Gasteiger charge is -2.28. The number of nitrogens with zero attached hydrogens (tertiary/aromatic N) is 5. The maximum atomic E-state index is 12.3. The maximum Gasteiger partial charge on any atom is 0.469 e. The van der Waals surface area contributed by atoms with Crippen LogP contribution in [0.2, 0.25) is 0 Å². The highest BCUT2D eigenvalue weighted by atomic mass is 32.5. The minimum Gasteiger partial charge on any atom is -0.386 e. The third kappa shape index (κ3) is 7.22. The number of aliphatic hydroxyl groups is 1. The summed E-state index contributed by atoms with van der Waals surface area (Å²) < 4.78 is 52.3. The number of anilines is 2.